The Labute approximate surface area is 127 Å². The number of Topliss-reactive ketones (excluding diaryl/α,β-unsaturated/α-hetero) is 1. The number of benzene rings is 1. The summed E-state index contributed by atoms with van der Waals surface area (Å²) in [5.41, 5.74) is 0.430. The van der Waals surface area contributed by atoms with E-state index in [0.717, 1.165) is 0 Å². The number of hydrogen-bond donors (Lipinski definition) is 2. The van der Waals surface area contributed by atoms with Gasteiger partial charge in [-0.2, -0.15) is 0 Å². The van der Waals surface area contributed by atoms with E-state index in [0.29, 0.717) is 17.1 Å². The van der Waals surface area contributed by atoms with Crippen LogP contribution >= 0.6 is 0 Å². The second-order valence-corrected chi connectivity index (χ2v) is 4.70. The van der Waals surface area contributed by atoms with Crippen LogP contribution in [0.3, 0.4) is 0 Å². The molecule has 0 amide bonds. The van der Waals surface area contributed by atoms with Crippen molar-refractivity contribution in [2.24, 2.45) is 0 Å². The van der Waals surface area contributed by atoms with Gasteiger partial charge in [0, 0.05) is 5.56 Å². The van der Waals surface area contributed by atoms with Gasteiger partial charge in [0.2, 0.25) is 0 Å². The number of carbonyl (C=O) groups excluding carboxylic acids is 1. The molecule has 0 aliphatic heterocycles. The first kappa shape index (κ1) is 15.8. The van der Waals surface area contributed by atoms with E-state index in [1.807, 2.05) is 0 Å². The smallest absolute Gasteiger partial charge is 0.305 e. The molecular formula is C16H17NO5. The summed E-state index contributed by atoms with van der Waals surface area (Å²) in [6.07, 6.45) is 1.22. The normalized spacial score (nSPS) is 11.9. The maximum absolute atomic E-state index is 12.4. The summed E-state index contributed by atoms with van der Waals surface area (Å²) < 4.78 is 10.2. The Morgan fingerprint density at radius 3 is 2.55 bits per heavy atom. The van der Waals surface area contributed by atoms with E-state index < -0.39 is 12.0 Å². The molecule has 0 saturated carbocycles. The molecule has 1 atom stereocenters. The lowest BCUT2D eigenvalue weighted by Gasteiger charge is -2.15. The van der Waals surface area contributed by atoms with Crippen LogP contribution in [0, 0.1) is 0 Å². The Kier molecular flexibility index (Phi) is 5.32. The van der Waals surface area contributed by atoms with Crippen molar-refractivity contribution in [3.8, 4) is 5.75 Å². The van der Waals surface area contributed by atoms with Gasteiger partial charge in [-0.15, -0.1) is 0 Å². The van der Waals surface area contributed by atoms with Gasteiger partial charge in [-0.25, -0.2) is 0 Å². The quantitative estimate of drug-likeness (QED) is 0.726. The first-order valence-electron chi connectivity index (χ1n) is 6.76. The molecule has 2 aromatic rings. The summed E-state index contributed by atoms with van der Waals surface area (Å²) in [4.78, 5) is 23.4. The molecule has 2 N–H and O–H groups in total. The van der Waals surface area contributed by atoms with Crippen LogP contribution in [-0.2, 0) is 11.3 Å². The second kappa shape index (κ2) is 7.42. The number of methoxy groups -OCH3 is 1. The van der Waals surface area contributed by atoms with Crippen molar-refractivity contribution in [1.82, 2.24) is 5.32 Å². The van der Waals surface area contributed by atoms with E-state index in [-0.39, 0.29) is 18.7 Å². The topological polar surface area (TPSA) is 88.8 Å². The van der Waals surface area contributed by atoms with Crippen LogP contribution in [0.2, 0.25) is 0 Å². The minimum absolute atomic E-state index is 0.281. The molecule has 0 aliphatic carbocycles. The van der Waals surface area contributed by atoms with Crippen LogP contribution in [0.25, 0.3) is 0 Å². The first-order chi connectivity index (χ1) is 10.6. The molecule has 22 heavy (non-hydrogen) atoms. The molecule has 1 aromatic carbocycles. The van der Waals surface area contributed by atoms with Crippen molar-refractivity contribution < 1.29 is 23.8 Å². The van der Waals surface area contributed by atoms with Crippen LogP contribution in [0.1, 0.15) is 22.5 Å². The molecule has 0 saturated heterocycles. The largest absolute Gasteiger partial charge is 0.497 e. The zero-order chi connectivity index (χ0) is 15.9. The van der Waals surface area contributed by atoms with Crippen molar-refractivity contribution in [3.63, 3.8) is 0 Å². The van der Waals surface area contributed by atoms with Crippen molar-refractivity contribution in [3.05, 3.63) is 54.0 Å². The third-order valence-electron chi connectivity index (χ3n) is 3.17. The number of rotatable bonds is 8. The number of furan rings is 1. The molecule has 0 radical (unpaired) electrons. The molecular weight excluding hydrogens is 286 g/mol. The van der Waals surface area contributed by atoms with E-state index in [1.165, 1.54) is 13.4 Å². The molecule has 0 aliphatic rings. The van der Waals surface area contributed by atoms with E-state index in [4.69, 9.17) is 14.3 Å². The highest BCUT2D eigenvalue weighted by Crippen LogP contribution is 2.14. The third kappa shape index (κ3) is 4.20. The average Bonchev–Trinajstić information content (AvgIpc) is 3.04. The lowest BCUT2D eigenvalue weighted by molar-refractivity contribution is -0.137. The molecule has 0 bridgehead atoms. The van der Waals surface area contributed by atoms with Crippen molar-refractivity contribution in [2.75, 3.05) is 7.11 Å². The molecule has 6 nitrogen and oxygen atoms in total. The lowest BCUT2D eigenvalue weighted by Crippen LogP contribution is -2.38. The Balaban J connectivity index is 2.08. The van der Waals surface area contributed by atoms with E-state index in [1.54, 1.807) is 36.4 Å². The minimum atomic E-state index is -1.04. The highest BCUT2D eigenvalue weighted by Gasteiger charge is 2.22. The molecule has 0 fully saturated rings. The van der Waals surface area contributed by atoms with Gasteiger partial charge in [0.1, 0.15) is 11.5 Å². The fourth-order valence-electron chi connectivity index (χ4n) is 2.03. The number of carboxylic acids is 1. The zero-order valence-electron chi connectivity index (χ0n) is 12.1. The van der Waals surface area contributed by atoms with E-state index >= 15 is 0 Å². The fraction of sp³-hybridized carbons (Fsp3) is 0.250. The summed E-state index contributed by atoms with van der Waals surface area (Å²) >= 11 is 0. The van der Waals surface area contributed by atoms with Gasteiger partial charge in [-0.1, -0.05) is 0 Å². The highest BCUT2D eigenvalue weighted by atomic mass is 16.5. The number of carboxylic acid groups (broad SMARTS) is 1. The Morgan fingerprint density at radius 2 is 2.00 bits per heavy atom. The van der Waals surface area contributed by atoms with Crippen LogP contribution in [-0.4, -0.2) is 30.0 Å². The fourth-order valence-corrected chi connectivity index (χ4v) is 2.03. The third-order valence-corrected chi connectivity index (χ3v) is 3.17. The van der Waals surface area contributed by atoms with Crippen LogP contribution in [0.5, 0.6) is 5.75 Å². The summed E-state index contributed by atoms with van der Waals surface area (Å²) in [5, 5.41) is 11.9. The Morgan fingerprint density at radius 1 is 1.27 bits per heavy atom. The standard InChI is InChI=1S/C16H17NO5/c1-21-12-6-4-11(5-7-12)16(20)14(9-15(18)19)17-10-13-3-2-8-22-13/h2-8,14,17H,9-10H2,1H3,(H,18,19). The molecule has 1 aromatic heterocycles. The van der Waals surface area contributed by atoms with Crippen LogP contribution < -0.4 is 10.1 Å². The molecule has 6 heteroatoms. The number of aliphatic carboxylic acids is 1. The molecule has 116 valence electrons. The average molecular weight is 303 g/mol. The van der Waals surface area contributed by atoms with Gasteiger partial charge < -0.3 is 14.3 Å². The number of ketones is 1. The van der Waals surface area contributed by atoms with Gasteiger partial charge in [-0.05, 0) is 36.4 Å². The molecule has 1 unspecified atom stereocenters. The van der Waals surface area contributed by atoms with Crippen molar-refractivity contribution >= 4 is 11.8 Å². The van der Waals surface area contributed by atoms with Gasteiger partial charge in [0.25, 0.3) is 0 Å². The molecule has 1 heterocycles. The maximum atomic E-state index is 12.4. The van der Waals surface area contributed by atoms with Gasteiger partial charge in [0.15, 0.2) is 5.78 Å². The maximum Gasteiger partial charge on any atom is 0.305 e. The Bertz CT molecular complexity index is 618. The van der Waals surface area contributed by atoms with Crippen LogP contribution in [0.15, 0.2) is 47.1 Å². The first-order valence-corrected chi connectivity index (χ1v) is 6.76. The Hall–Kier alpha value is -2.60. The SMILES string of the molecule is COc1ccc(C(=O)C(CC(=O)O)NCc2ccco2)cc1. The number of hydrogen-bond acceptors (Lipinski definition) is 5. The summed E-state index contributed by atoms with van der Waals surface area (Å²) in [6, 6.07) is 9.22. The molecule has 0 spiro atoms. The summed E-state index contributed by atoms with van der Waals surface area (Å²) in [6.45, 7) is 0.285. The summed E-state index contributed by atoms with van der Waals surface area (Å²) in [5.74, 6) is -0.0526. The number of ether oxygens (including phenoxy) is 1. The van der Waals surface area contributed by atoms with E-state index in [9.17, 15) is 9.59 Å². The monoisotopic (exact) mass is 303 g/mol. The van der Waals surface area contributed by atoms with Crippen molar-refractivity contribution in [2.45, 2.75) is 19.0 Å². The predicted octanol–water partition coefficient (Wildman–Crippen LogP) is 2.10. The van der Waals surface area contributed by atoms with Crippen molar-refractivity contribution in [1.29, 1.82) is 0 Å². The minimum Gasteiger partial charge on any atom is -0.497 e. The number of nitrogens with one attached hydrogen (secondary N) is 1. The van der Waals surface area contributed by atoms with Gasteiger partial charge in [0.05, 0.1) is 32.4 Å². The zero-order valence-corrected chi connectivity index (χ0v) is 12.1. The van der Waals surface area contributed by atoms with Crippen LogP contribution in [0.4, 0.5) is 0 Å². The second-order valence-electron chi connectivity index (χ2n) is 4.70. The summed E-state index contributed by atoms with van der Waals surface area (Å²) in [7, 11) is 1.54. The van der Waals surface area contributed by atoms with Gasteiger partial charge >= 0.3 is 5.97 Å². The molecule has 2 rings (SSSR count). The highest BCUT2D eigenvalue weighted by molar-refractivity contribution is 6.01. The van der Waals surface area contributed by atoms with Gasteiger partial charge in [-0.3, -0.25) is 14.9 Å². The number of carbonyl (C=O) groups is 2. The van der Waals surface area contributed by atoms with E-state index in [2.05, 4.69) is 5.32 Å². The predicted molar refractivity (Wildman–Crippen MR) is 78.9 cm³/mol. The lowest BCUT2D eigenvalue weighted by atomic mass is 10.0.